The van der Waals surface area contributed by atoms with Gasteiger partial charge in [-0.15, -0.1) is 11.3 Å². The van der Waals surface area contributed by atoms with Gasteiger partial charge in [-0.1, -0.05) is 0 Å². The van der Waals surface area contributed by atoms with Gasteiger partial charge in [0.15, 0.2) is 0 Å². The lowest BCUT2D eigenvalue weighted by atomic mass is 10.1. The first kappa shape index (κ1) is 9.99. The minimum Gasteiger partial charge on any atom is -0.396 e. The largest absolute Gasteiger partial charge is 0.396 e. The van der Waals surface area contributed by atoms with Crippen LogP contribution in [0.15, 0.2) is 17.8 Å². The Kier molecular flexibility index (Phi) is 2.49. The SMILES string of the molecule is OCC1CCN(c2ncnc3sccc23)C1. The van der Waals surface area contributed by atoms with E-state index < -0.39 is 0 Å². The van der Waals surface area contributed by atoms with Crippen LogP contribution < -0.4 is 4.90 Å². The Bertz CT molecular complexity index is 499. The van der Waals surface area contributed by atoms with E-state index in [0.29, 0.717) is 5.92 Å². The summed E-state index contributed by atoms with van der Waals surface area (Å²) in [4.78, 5) is 11.9. The van der Waals surface area contributed by atoms with E-state index in [1.807, 2.05) is 5.38 Å². The molecule has 0 amide bonds. The molecular formula is C11H13N3OS. The monoisotopic (exact) mass is 235 g/mol. The summed E-state index contributed by atoms with van der Waals surface area (Å²) in [6.07, 6.45) is 2.67. The van der Waals surface area contributed by atoms with Crippen LogP contribution in [-0.2, 0) is 0 Å². The number of aliphatic hydroxyl groups excluding tert-OH is 1. The third-order valence-electron chi connectivity index (χ3n) is 3.08. The van der Waals surface area contributed by atoms with Crippen molar-refractivity contribution in [3.63, 3.8) is 0 Å². The number of fused-ring (bicyclic) bond motifs is 1. The third kappa shape index (κ3) is 1.56. The number of anilines is 1. The molecular weight excluding hydrogens is 222 g/mol. The summed E-state index contributed by atoms with van der Waals surface area (Å²) in [7, 11) is 0. The fourth-order valence-corrected chi connectivity index (χ4v) is 2.93. The Morgan fingerprint density at radius 2 is 2.44 bits per heavy atom. The van der Waals surface area contributed by atoms with Crippen LogP contribution in [0.4, 0.5) is 5.82 Å². The zero-order valence-corrected chi connectivity index (χ0v) is 9.65. The van der Waals surface area contributed by atoms with Gasteiger partial charge in [0.1, 0.15) is 17.0 Å². The molecule has 1 saturated heterocycles. The normalized spacial score (nSPS) is 20.8. The fourth-order valence-electron chi connectivity index (χ4n) is 2.20. The van der Waals surface area contributed by atoms with Crippen molar-refractivity contribution in [1.29, 1.82) is 0 Å². The minimum atomic E-state index is 0.272. The number of hydrogen-bond acceptors (Lipinski definition) is 5. The molecule has 1 aliphatic heterocycles. The molecule has 0 bridgehead atoms. The summed E-state index contributed by atoms with van der Waals surface area (Å²) >= 11 is 1.64. The van der Waals surface area contributed by atoms with Gasteiger partial charge in [0.25, 0.3) is 0 Å². The lowest BCUT2D eigenvalue weighted by molar-refractivity contribution is 0.238. The Hall–Kier alpha value is -1.20. The predicted molar refractivity (Wildman–Crippen MR) is 64.8 cm³/mol. The van der Waals surface area contributed by atoms with Gasteiger partial charge >= 0.3 is 0 Å². The molecule has 0 radical (unpaired) electrons. The first-order chi connectivity index (χ1) is 7.88. The molecule has 2 aromatic rings. The molecule has 1 unspecified atom stereocenters. The molecule has 3 rings (SSSR count). The van der Waals surface area contributed by atoms with Gasteiger partial charge in [0, 0.05) is 25.6 Å². The van der Waals surface area contributed by atoms with Crippen LogP contribution in [0.25, 0.3) is 10.2 Å². The molecule has 0 aromatic carbocycles. The maximum atomic E-state index is 9.15. The van der Waals surface area contributed by atoms with E-state index >= 15 is 0 Å². The zero-order chi connectivity index (χ0) is 11.0. The highest BCUT2D eigenvalue weighted by Gasteiger charge is 2.24. The lowest BCUT2D eigenvalue weighted by Gasteiger charge is -2.17. The van der Waals surface area contributed by atoms with Crippen molar-refractivity contribution < 1.29 is 5.11 Å². The molecule has 1 N–H and O–H groups in total. The fraction of sp³-hybridized carbons (Fsp3) is 0.455. The maximum absolute atomic E-state index is 9.15. The standard InChI is InChI=1S/C11H13N3OS/c15-6-8-1-3-14(5-8)10-9-2-4-16-11(9)13-7-12-10/h2,4,7-8,15H,1,3,5-6H2. The van der Waals surface area contributed by atoms with Gasteiger partial charge in [-0.25, -0.2) is 9.97 Å². The minimum absolute atomic E-state index is 0.272. The predicted octanol–water partition coefficient (Wildman–Crippen LogP) is 1.51. The number of nitrogens with zero attached hydrogens (tertiary/aromatic N) is 3. The van der Waals surface area contributed by atoms with Crippen molar-refractivity contribution >= 4 is 27.4 Å². The molecule has 0 aliphatic carbocycles. The molecule has 2 aromatic heterocycles. The molecule has 84 valence electrons. The summed E-state index contributed by atoms with van der Waals surface area (Å²) in [5.41, 5.74) is 0. The molecule has 0 spiro atoms. The van der Waals surface area contributed by atoms with Gasteiger partial charge in [0.2, 0.25) is 0 Å². The zero-order valence-electron chi connectivity index (χ0n) is 8.83. The Balaban J connectivity index is 1.97. The first-order valence-corrected chi connectivity index (χ1v) is 6.30. The maximum Gasteiger partial charge on any atom is 0.140 e. The molecule has 4 nitrogen and oxygen atoms in total. The van der Waals surface area contributed by atoms with Crippen LogP contribution in [0.2, 0.25) is 0 Å². The van der Waals surface area contributed by atoms with Crippen molar-refractivity contribution in [2.75, 3.05) is 24.6 Å². The summed E-state index contributed by atoms with van der Waals surface area (Å²) in [5.74, 6) is 1.41. The smallest absolute Gasteiger partial charge is 0.140 e. The van der Waals surface area contributed by atoms with Gasteiger partial charge in [-0.2, -0.15) is 0 Å². The molecule has 5 heteroatoms. The molecule has 1 aliphatic rings. The second kappa shape index (κ2) is 3.99. The summed E-state index contributed by atoms with van der Waals surface area (Å²) < 4.78 is 0. The van der Waals surface area contributed by atoms with Crippen LogP contribution >= 0.6 is 11.3 Å². The molecule has 0 saturated carbocycles. The van der Waals surface area contributed by atoms with Crippen molar-refractivity contribution in [1.82, 2.24) is 9.97 Å². The molecule has 1 fully saturated rings. The van der Waals surface area contributed by atoms with Crippen LogP contribution in [0, 0.1) is 5.92 Å². The molecule has 16 heavy (non-hydrogen) atoms. The van der Waals surface area contributed by atoms with Gasteiger partial charge in [0.05, 0.1) is 5.39 Å². The summed E-state index contributed by atoms with van der Waals surface area (Å²) in [6, 6.07) is 2.07. The highest BCUT2D eigenvalue weighted by molar-refractivity contribution is 7.16. The van der Waals surface area contributed by atoms with Crippen LogP contribution in [0.1, 0.15) is 6.42 Å². The van der Waals surface area contributed by atoms with Crippen molar-refractivity contribution in [3.8, 4) is 0 Å². The number of aromatic nitrogens is 2. The second-order valence-corrected chi connectivity index (χ2v) is 5.01. The molecule has 3 heterocycles. The Morgan fingerprint density at radius 1 is 1.50 bits per heavy atom. The van der Waals surface area contributed by atoms with Gasteiger partial charge < -0.3 is 10.0 Å². The van der Waals surface area contributed by atoms with E-state index in [4.69, 9.17) is 5.11 Å². The first-order valence-electron chi connectivity index (χ1n) is 5.42. The van der Waals surface area contributed by atoms with E-state index in [1.165, 1.54) is 0 Å². The second-order valence-electron chi connectivity index (χ2n) is 4.12. The Morgan fingerprint density at radius 3 is 3.25 bits per heavy atom. The number of hydrogen-bond donors (Lipinski definition) is 1. The third-order valence-corrected chi connectivity index (χ3v) is 3.91. The van der Waals surface area contributed by atoms with E-state index in [2.05, 4.69) is 20.9 Å². The average Bonchev–Trinajstić information content (AvgIpc) is 2.97. The van der Waals surface area contributed by atoms with Crippen LogP contribution in [-0.4, -0.2) is 34.8 Å². The number of aliphatic hydroxyl groups is 1. The van der Waals surface area contributed by atoms with Crippen molar-refractivity contribution in [2.24, 2.45) is 5.92 Å². The van der Waals surface area contributed by atoms with E-state index in [9.17, 15) is 0 Å². The van der Waals surface area contributed by atoms with E-state index in [-0.39, 0.29) is 6.61 Å². The van der Waals surface area contributed by atoms with E-state index in [0.717, 1.165) is 35.5 Å². The quantitative estimate of drug-likeness (QED) is 0.857. The summed E-state index contributed by atoms with van der Waals surface area (Å²) in [6.45, 7) is 2.15. The van der Waals surface area contributed by atoms with Crippen molar-refractivity contribution in [3.05, 3.63) is 17.8 Å². The highest BCUT2D eigenvalue weighted by Crippen LogP contribution is 2.30. The number of rotatable bonds is 2. The Labute approximate surface area is 97.6 Å². The van der Waals surface area contributed by atoms with Gasteiger partial charge in [-0.3, -0.25) is 0 Å². The van der Waals surface area contributed by atoms with E-state index in [1.54, 1.807) is 17.7 Å². The topological polar surface area (TPSA) is 49.2 Å². The highest BCUT2D eigenvalue weighted by atomic mass is 32.1. The van der Waals surface area contributed by atoms with Crippen LogP contribution in [0.3, 0.4) is 0 Å². The molecule has 1 atom stereocenters. The van der Waals surface area contributed by atoms with Crippen LogP contribution in [0.5, 0.6) is 0 Å². The lowest BCUT2D eigenvalue weighted by Crippen LogP contribution is -2.21. The number of thiophene rings is 1. The van der Waals surface area contributed by atoms with Crippen molar-refractivity contribution in [2.45, 2.75) is 6.42 Å². The summed E-state index contributed by atoms with van der Waals surface area (Å²) in [5, 5.41) is 12.3. The van der Waals surface area contributed by atoms with Gasteiger partial charge in [-0.05, 0) is 17.9 Å². The average molecular weight is 235 g/mol.